The summed E-state index contributed by atoms with van der Waals surface area (Å²) in [6.45, 7) is 1.14. The van der Waals surface area contributed by atoms with E-state index in [0.29, 0.717) is 0 Å². The molecule has 0 aliphatic carbocycles. The Balaban J connectivity index is 2.35. The quantitative estimate of drug-likeness (QED) is 0.565. The number of hydrogen-bond acceptors (Lipinski definition) is 4. The Hall–Kier alpha value is -1.84. The van der Waals surface area contributed by atoms with Crippen LogP contribution in [0.25, 0.3) is 0 Å². The maximum Gasteiger partial charge on any atom is 0.414 e. The second-order valence-electron chi connectivity index (χ2n) is 4.69. The van der Waals surface area contributed by atoms with Gasteiger partial charge in [-0.15, -0.1) is 0 Å². The van der Waals surface area contributed by atoms with E-state index in [0.717, 1.165) is 4.90 Å². The third kappa shape index (κ3) is 4.37. The van der Waals surface area contributed by atoms with Gasteiger partial charge in [0.15, 0.2) is 6.61 Å². The van der Waals surface area contributed by atoms with E-state index in [1.54, 1.807) is 5.48 Å². The first-order chi connectivity index (χ1) is 9.03. The van der Waals surface area contributed by atoms with Crippen LogP contribution in [0.2, 0.25) is 0 Å². The van der Waals surface area contributed by atoms with E-state index in [2.05, 4.69) is 10.2 Å². The molecule has 1 fully saturated rings. The number of hydrogen-bond donors (Lipinski definition) is 2. The highest BCUT2D eigenvalue weighted by Crippen LogP contribution is 2.16. The predicted octanol–water partition coefficient (Wildman–Crippen LogP) is 0.317. The standard InChI is InChI=1S/C10H14F3N3O4/c1-9(2)7(18)16(8(19)14-9)4-3-6(17)15-20-5-10(11,12)13/h3-5H2,1-2H3,(H,14,19)(H,15,17). The Bertz CT molecular complexity index is 422. The second kappa shape index (κ2) is 5.65. The Morgan fingerprint density at radius 1 is 1.40 bits per heavy atom. The van der Waals surface area contributed by atoms with Gasteiger partial charge in [-0.1, -0.05) is 0 Å². The van der Waals surface area contributed by atoms with Crippen LogP contribution in [0.15, 0.2) is 0 Å². The minimum absolute atomic E-state index is 0.241. The van der Waals surface area contributed by atoms with Crippen LogP contribution in [0.5, 0.6) is 0 Å². The molecule has 2 N–H and O–H groups in total. The third-order valence-corrected chi connectivity index (χ3v) is 2.43. The smallest absolute Gasteiger partial charge is 0.324 e. The molecule has 0 unspecified atom stereocenters. The third-order valence-electron chi connectivity index (χ3n) is 2.43. The number of urea groups is 1. The molecular formula is C10H14F3N3O4. The molecular weight excluding hydrogens is 283 g/mol. The number of alkyl halides is 3. The van der Waals surface area contributed by atoms with Gasteiger partial charge in [0.2, 0.25) is 5.91 Å². The largest absolute Gasteiger partial charge is 0.414 e. The number of hydroxylamine groups is 1. The molecule has 1 heterocycles. The minimum Gasteiger partial charge on any atom is -0.324 e. The summed E-state index contributed by atoms with van der Waals surface area (Å²) in [6.07, 6.45) is -4.91. The summed E-state index contributed by atoms with van der Waals surface area (Å²) in [6, 6.07) is -0.649. The molecule has 0 bridgehead atoms. The normalized spacial score (nSPS) is 18.1. The summed E-state index contributed by atoms with van der Waals surface area (Å²) >= 11 is 0. The van der Waals surface area contributed by atoms with Crippen molar-refractivity contribution in [3.05, 3.63) is 0 Å². The lowest BCUT2D eigenvalue weighted by Gasteiger charge is -2.15. The van der Waals surface area contributed by atoms with Crippen LogP contribution in [0, 0.1) is 0 Å². The monoisotopic (exact) mass is 297 g/mol. The zero-order valence-electron chi connectivity index (χ0n) is 10.8. The first kappa shape index (κ1) is 16.2. The fourth-order valence-electron chi connectivity index (χ4n) is 1.48. The Labute approximate surface area is 112 Å². The summed E-state index contributed by atoms with van der Waals surface area (Å²) < 4.78 is 35.2. The number of amides is 4. The van der Waals surface area contributed by atoms with Gasteiger partial charge >= 0.3 is 12.2 Å². The van der Waals surface area contributed by atoms with Crippen LogP contribution >= 0.6 is 0 Å². The maximum atomic E-state index is 11.7. The molecule has 1 rings (SSSR count). The summed E-state index contributed by atoms with van der Waals surface area (Å²) in [5, 5.41) is 2.41. The zero-order valence-corrected chi connectivity index (χ0v) is 10.8. The SMILES string of the molecule is CC1(C)NC(=O)N(CCC(=O)NOCC(F)(F)F)C1=O. The van der Waals surface area contributed by atoms with E-state index < -0.39 is 36.2 Å². The van der Waals surface area contributed by atoms with Gasteiger partial charge in [0.05, 0.1) is 0 Å². The van der Waals surface area contributed by atoms with Crippen molar-refractivity contribution < 1.29 is 32.4 Å². The summed E-state index contributed by atoms with van der Waals surface area (Å²) in [7, 11) is 0. The molecule has 0 atom stereocenters. The first-order valence-electron chi connectivity index (χ1n) is 5.64. The van der Waals surface area contributed by atoms with Crippen molar-refractivity contribution in [3.8, 4) is 0 Å². The van der Waals surface area contributed by atoms with Crippen LogP contribution in [-0.2, 0) is 14.4 Å². The number of nitrogens with one attached hydrogen (secondary N) is 2. The molecule has 0 aromatic heterocycles. The summed E-state index contributed by atoms with van der Waals surface area (Å²) in [5.41, 5.74) is 0.530. The van der Waals surface area contributed by atoms with Crippen molar-refractivity contribution in [1.82, 2.24) is 15.7 Å². The molecule has 1 aliphatic rings. The topological polar surface area (TPSA) is 87.7 Å². The zero-order chi connectivity index (χ0) is 15.6. The van der Waals surface area contributed by atoms with Crippen molar-refractivity contribution in [2.75, 3.05) is 13.2 Å². The first-order valence-corrected chi connectivity index (χ1v) is 5.64. The lowest BCUT2D eigenvalue weighted by atomic mass is 10.1. The molecule has 10 heteroatoms. The highest BCUT2D eigenvalue weighted by Gasteiger charge is 2.44. The molecule has 1 saturated heterocycles. The number of halogens is 3. The fraction of sp³-hybridized carbons (Fsp3) is 0.700. The van der Waals surface area contributed by atoms with E-state index in [4.69, 9.17) is 0 Å². The molecule has 0 aromatic carbocycles. The van der Waals surface area contributed by atoms with Gasteiger partial charge in [0.25, 0.3) is 5.91 Å². The summed E-state index contributed by atoms with van der Waals surface area (Å²) in [4.78, 5) is 39.1. The van der Waals surface area contributed by atoms with Crippen LogP contribution in [0.1, 0.15) is 20.3 Å². The highest BCUT2D eigenvalue weighted by molar-refractivity contribution is 6.06. The van der Waals surface area contributed by atoms with Gasteiger partial charge < -0.3 is 5.32 Å². The molecule has 114 valence electrons. The second-order valence-corrected chi connectivity index (χ2v) is 4.69. The number of carbonyl (C=O) groups is 3. The number of rotatable bonds is 5. The van der Waals surface area contributed by atoms with Crippen LogP contribution in [0.3, 0.4) is 0 Å². The van der Waals surface area contributed by atoms with Gasteiger partial charge in [-0.2, -0.15) is 13.2 Å². The lowest BCUT2D eigenvalue weighted by molar-refractivity contribution is -0.191. The van der Waals surface area contributed by atoms with Gasteiger partial charge in [0, 0.05) is 13.0 Å². The number of imide groups is 1. The average molecular weight is 297 g/mol. The molecule has 20 heavy (non-hydrogen) atoms. The van der Waals surface area contributed by atoms with Crippen molar-refractivity contribution in [3.63, 3.8) is 0 Å². The van der Waals surface area contributed by atoms with Crippen molar-refractivity contribution in [1.29, 1.82) is 0 Å². The van der Waals surface area contributed by atoms with Crippen LogP contribution in [0.4, 0.5) is 18.0 Å². The van der Waals surface area contributed by atoms with Gasteiger partial charge in [-0.05, 0) is 13.8 Å². The van der Waals surface area contributed by atoms with Crippen molar-refractivity contribution in [2.45, 2.75) is 32.0 Å². The minimum atomic E-state index is -4.55. The van der Waals surface area contributed by atoms with E-state index >= 15 is 0 Å². The molecule has 7 nitrogen and oxygen atoms in total. The van der Waals surface area contributed by atoms with Crippen LogP contribution < -0.4 is 10.8 Å². The van der Waals surface area contributed by atoms with E-state index in [-0.39, 0.29) is 13.0 Å². The molecule has 0 saturated carbocycles. The number of carbonyl (C=O) groups excluding carboxylic acids is 3. The van der Waals surface area contributed by atoms with Gasteiger partial charge in [-0.3, -0.25) is 19.3 Å². The fourth-order valence-corrected chi connectivity index (χ4v) is 1.48. The molecule has 1 aliphatic heterocycles. The lowest BCUT2D eigenvalue weighted by Crippen LogP contribution is -2.40. The predicted molar refractivity (Wildman–Crippen MR) is 59.1 cm³/mol. The van der Waals surface area contributed by atoms with Crippen molar-refractivity contribution >= 4 is 17.8 Å². The molecule has 0 radical (unpaired) electrons. The Morgan fingerprint density at radius 3 is 2.45 bits per heavy atom. The highest BCUT2D eigenvalue weighted by atomic mass is 19.4. The molecule has 4 amide bonds. The van der Waals surface area contributed by atoms with E-state index in [1.807, 2.05) is 0 Å². The summed E-state index contributed by atoms with van der Waals surface area (Å²) in [5.74, 6) is -1.37. The Morgan fingerprint density at radius 2 is 2.00 bits per heavy atom. The van der Waals surface area contributed by atoms with Gasteiger partial charge in [-0.25, -0.2) is 10.3 Å². The average Bonchev–Trinajstić information content (AvgIpc) is 2.44. The van der Waals surface area contributed by atoms with Crippen molar-refractivity contribution in [2.24, 2.45) is 0 Å². The van der Waals surface area contributed by atoms with E-state index in [9.17, 15) is 27.6 Å². The Kier molecular flexibility index (Phi) is 4.58. The van der Waals surface area contributed by atoms with E-state index in [1.165, 1.54) is 13.8 Å². The molecule has 0 aromatic rings. The maximum absolute atomic E-state index is 11.7. The van der Waals surface area contributed by atoms with Crippen LogP contribution in [-0.4, -0.2) is 47.6 Å². The van der Waals surface area contributed by atoms with Gasteiger partial charge in [0.1, 0.15) is 5.54 Å². The molecule has 0 spiro atoms. The number of nitrogens with zero attached hydrogens (tertiary/aromatic N) is 1.